The monoisotopic (exact) mass is 355 g/mol. The summed E-state index contributed by atoms with van der Waals surface area (Å²) in [5.41, 5.74) is 0.788. The fourth-order valence-electron chi connectivity index (χ4n) is 1.72. The van der Waals surface area contributed by atoms with Gasteiger partial charge in [0.15, 0.2) is 0 Å². The minimum absolute atomic E-state index is 0.183. The molecule has 2 aromatic carbocycles. The van der Waals surface area contributed by atoms with Gasteiger partial charge in [-0.2, -0.15) is 0 Å². The van der Waals surface area contributed by atoms with Gasteiger partial charge in [-0.25, -0.2) is 13.1 Å². The maximum Gasteiger partial charge on any atom is 0.240 e. The molecule has 0 bridgehead atoms. The van der Waals surface area contributed by atoms with E-state index in [9.17, 15) is 8.42 Å². The van der Waals surface area contributed by atoms with Crippen LogP contribution in [0.25, 0.3) is 0 Å². The fraction of sp³-hybridized carbons (Fsp3) is 0.143. The number of hydrogen-bond donors (Lipinski definition) is 1. The van der Waals surface area contributed by atoms with E-state index in [-0.39, 0.29) is 11.4 Å². The average Bonchev–Trinajstić information content (AvgIpc) is 2.46. The molecule has 0 saturated carbocycles. The minimum Gasteiger partial charge on any atom is -0.496 e. The lowest BCUT2D eigenvalue weighted by Crippen LogP contribution is -2.23. The first-order valence-electron chi connectivity index (χ1n) is 5.90. The molecule has 0 heterocycles. The van der Waals surface area contributed by atoms with Gasteiger partial charge in [0.25, 0.3) is 0 Å². The topological polar surface area (TPSA) is 55.4 Å². The highest BCUT2D eigenvalue weighted by atomic mass is 79.9. The molecular weight excluding hydrogens is 342 g/mol. The van der Waals surface area contributed by atoms with Gasteiger partial charge >= 0.3 is 0 Å². The number of para-hydroxylation sites is 1. The molecule has 0 spiro atoms. The second-order valence-electron chi connectivity index (χ2n) is 4.09. The smallest absolute Gasteiger partial charge is 0.240 e. The second-order valence-corrected chi connectivity index (χ2v) is 6.77. The minimum atomic E-state index is -3.53. The molecule has 0 aromatic heterocycles. The molecular formula is C14H14BrNO3S. The normalized spacial score (nSPS) is 11.3. The first-order chi connectivity index (χ1) is 9.53. The summed E-state index contributed by atoms with van der Waals surface area (Å²) in [4.78, 5) is 0.232. The molecule has 20 heavy (non-hydrogen) atoms. The molecule has 106 valence electrons. The zero-order chi connectivity index (χ0) is 14.6. The highest BCUT2D eigenvalue weighted by Gasteiger charge is 2.14. The molecule has 0 radical (unpaired) electrons. The van der Waals surface area contributed by atoms with Crippen LogP contribution in [0, 0.1) is 0 Å². The standard InChI is InChI=1S/C14H14BrNO3S/c1-19-14-5-3-2-4-11(14)10-16-20(17,18)13-8-6-12(15)7-9-13/h2-9,16H,10H2,1H3. The number of sulfonamides is 1. The van der Waals surface area contributed by atoms with Gasteiger partial charge in [-0.15, -0.1) is 0 Å². The number of benzene rings is 2. The highest BCUT2D eigenvalue weighted by Crippen LogP contribution is 2.19. The first kappa shape index (κ1) is 15.0. The van der Waals surface area contributed by atoms with Crippen molar-refractivity contribution in [1.82, 2.24) is 4.72 Å². The van der Waals surface area contributed by atoms with E-state index < -0.39 is 10.0 Å². The number of methoxy groups -OCH3 is 1. The van der Waals surface area contributed by atoms with Crippen LogP contribution in [0.2, 0.25) is 0 Å². The van der Waals surface area contributed by atoms with Crippen LogP contribution in [-0.4, -0.2) is 15.5 Å². The number of ether oxygens (including phenoxy) is 1. The second kappa shape index (κ2) is 6.39. The predicted octanol–water partition coefficient (Wildman–Crippen LogP) is 2.94. The lowest BCUT2D eigenvalue weighted by molar-refractivity contribution is 0.409. The maximum atomic E-state index is 12.1. The summed E-state index contributed by atoms with van der Waals surface area (Å²) >= 11 is 3.27. The van der Waals surface area contributed by atoms with Crippen molar-refractivity contribution in [1.29, 1.82) is 0 Å². The maximum absolute atomic E-state index is 12.1. The predicted molar refractivity (Wildman–Crippen MR) is 81.2 cm³/mol. The third-order valence-electron chi connectivity index (χ3n) is 2.77. The highest BCUT2D eigenvalue weighted by molar-refractivity contribution is 9.10. The van der Waals surface area contributed by atoms with Gasteiger partial charge in [0.1, 0.15) is 5.75 Å². The molecule has 4 nitrogen and oxygen atoms in total. The molecule has 0 aliphatic heterocycles. The van der Waals surface area contributed by atoms with Crippen molar-refractivity contribution in [3.8, 4) is 5.75 Å². The van der Waals surface area contributed by atoms with Crippen molar-refractivity contribution in [3.63, 3.8) is 0 Å². The quantitative estimate of drug-likeness (QED) is 0.896. The van der Waals surface area contributed by atoms with E-state index in [1.807, 2.05) is 18.2 Å². The van der Waals surface area contributed by atoms with Gasteiger partial charge in [-0.1, -0.05) is 34.1 Å². The van der Waals surface area contributed by atoms with Crippen molar-refractivity contribution in [3.05, 3.63) is 58.6 Å². The van der Waals surface area contributed by atoms with E-state index in [1.165, 1.54) is 0 Å². The van der Waals surface area contributed by atoms with Crippen LogP contribution < -0.4 is 9.46 Å². The molecule has 6 heteroatoms. The Hall–Kier alpha value is -1.37. The molecule has 0 saturated heterocycles. The lowest BCUT2D eigenvalue weighted by atomic mass is 10.2. The average molecular weight is 356 g/mol. The Kier molecular flexibility index (Phi) is 4.80. The van der Waals surface area contributed by atoms with Gasteiger partial charge in [-0.05, 0) is 30.3 Å². The fourth-order valence-corrected chi connectivity index (χ4v) is 2.99. The summed E-state index contributed by atoms with van der Waals surface area (Å²) in [5.74, 6) is 0.658. The van der Waals surface area contributed by atoms with Crippen LogP contribution in [0.15, 0.2) is 57.9 Å². The molecule has 0 amide bonds. The lowest BCUT2D eigenvalue weighted by Gasteiger charge is -2.10. The first-order valence-corrected chi connectivity index (χ1v) is 8.17. The molecule has 0 fully saturated rings. The van der Waals surface area contributed by atoms with Crippen LogP contribution in [0.5, 0.6) is 5.75 Å². The molecule has 0 unspecified atom stereocenters. The Morgan fingerprint density at radius 3 is 2.40 bits per heavy atom. The zero-order valence-electron chi connectivity index (χ0n) is 10.8. The van der Waals surface area contributed by atoms with Gasteiger partial charge in [-0.3, -0.25) is 0 Å². The van der Waals surface area contributed by atoms with Gasteiger partial charge in [0.2, 0.25) is 10.0 Å². The number of nitrogens with one attached hydrogen (secondary N) is 1. The molecule has 0 atom stereocenters. The number of halogens is 1. The van der Waals surface area contributed by atoms with Crippen LogP contribution in [0.3, 0.4) is 0 Å². The molecule has 2 rings (SSSR count). The molecule has 0 aliphatic carbocycles. The van der Waals surface area contributed by atoms with E-state index in [4.69, 9.17) is 4.74 Å². The SMILES string of the molecule is COc1ccccc1CNS(=O)(=O)c1ccc(Br)cc1. The number of rotatable bonds is 5. The van der Waals surface area contributed by atoms with E-state index >= 15 is 0 Å². The van der Waals surface area contributed by atoms with Crippen LogP contribution in [0.1, 0.15) is 5.56 Å². The van der Waals surface area contributed by atoms with Crippen LogP contribution in [0.4, 0.5) is 0 Å². The van der Waals surface area contributed by atoms with Crippen LogP contribution >= 0.6 is 15.9 Å². The third-order valence-corrected chi connectivity index (χ3v) is 4.71. The van der Waals surface area contributed by atoms with Gasteiger partial charge < -0.3 is 4.74 Å². The summed E-state index contributed by atoms with van der Waals surface area (Å²) in [6, 6.07) is 13.8. The van der Waals surface area contributed by atoms with E-state index in [0.717, 1.165) is 10.0 Å². The molecule has 1 N–H and O–H groups in total. The summed E-state index contributed by atoms with van der Waals surface area (Å²) in [5, 5.41) is 0. The van der Waals surface area contributed by atoms with Crippen molar-refractivity contribution < 1.29 is 13.2 Å². The largest absolute Gasteiger partial charge is 0.496 e. The Bertz CT molecular complexity index is 684. The van der Waals surface area contributed by atoms with Crippen LogP contribution in [-0.2, 0) is 16.6 Å². The van der Waals surface area contributed by atoms with E-state index in [0.29, 0.717) is 5.75 Å². The third kappa shape index (κ3) is 3.59. The van der Waals surface area contributed by atoms with Crippen molar-refractivity contribution in [2.24, 2.45) is 0 Å². The zero-order valence-corrected chi connectivity index (χ0v) is 13.2. The summed E-state index contributed by atoms with van der Waals surface area (Å²) in [6.45, 7) is 0.183. The Morgan fingerprint density at radius 1 is 1.10 bits per heavy atom. The summed E-state index contributed by atoms with van der Waals surface area (Å²) in [7, 11) is -1.97. The molecule has 2 aromatic rings. The van der Waals surface area contributed by atoms with E-state index in [2.05, 4.69) is 20.7 Å². The Morgan fingerprint density at radius 2 is 1.75 bits per heavy atom. The Balaban J connectivity index is 2.15. The Labute approximate surface area is 127 Å². The van der Waals surface area contributed by atoms with Crippen molar-refractivity contribution >= 4 is 26.0 Å². The number of hydrogen-bond acceptors (Lipinski definition) is 3. The van der Waals surface area contributed by atoms with Gasteiger partial charge in [0.05, 0.1) is 12.0 Å². The van der Waals surface area contributed by atoms with Crippen molar-refractivity contribution in [2.75, 3.05) is 7.11 Å². The summed E-state index contributed by atoms with van der Waals surface area (Å²) in [6.07, 6.45) is 0. The summed E-state index contributed by atoms with van der Waals surface area (Å²) < 4.78 is 32.9. The molecule has 0 aliphatic rings. The van der Waals surface area contributed by atoms with Gasteiger partial charge in [0, 0.05) is 16.6 Å². The van der Waals surface area contributed by atoms with Crippen molar-refractivity contribution in [2.45, 2.75) is 11.4 Å². The van der Waals surface area contributed by atoms with E-state index in [1.54, 1.807) is 37.4 Å².